The third-order valence-corrected chi connectivity index (χ3v) is 6.05. The van der Waals surface area contributed by atoms with E-state index in [1.807, 2.05) is 0 Å². The van der Waals surface area contributed by atoms with Gasteiger partial charge in [0.25, 0.3) is 5.69 Å². The van der Waals surface area contributed by atoms with Crippen LogP contribution in [-0.4, -0.2) is 34.8 Å². The number of sulfonamides is 1. The Hall–Kier alpha value is -2.08. The standard InChI is InChI=1S/C14H17N5O5S.ClH/c1-18(9-12-16-13(17-24-12)14(15)6-3-7-14)25(22,23)11-5-2-4-10(8-11)19(20)21;/h2,4-5,8H,3,6-7,9,15H2,1H3;1H. The second-order valence-electron chi connectivity index (χ2n) is 6.04. The number of nitro groups is 1. The fraction of sp³-hybridized carbons (Fsp3) is 0.429. The first kappa shape index (κ1) is 20.2. The summed E-state index contributed by atoms with van der Waals surface area (Å²) < 4.78 is 31.2. The average Bonchev–Trinajstić information content (AvgIpc) is 3.01. The first-order valence-corrected chi connectivity index (χ1v) is 8.99. The Morgan fingerprint density at radius 3 is 2.69 bits per heavy atom. The molecule has 0 bridgehead atoms. The molecule has 1 fully saturated rings. The lowest BCUT2D eigenvalue weighted by atomic mass is 9.77. The number of rotatable bonds is 6. The molecule has 2 N–H and O–H groups in total. The third-order valence-electron chi connectivity index (χ3n) is 4.25. The zero-order chi connectivity index (χ0) is 18.2. The van der Waals surface area contributed by atoms with Crippen LogP contribution in [0.15, 0.2) is 33.7 Å². The SMILES string of the molecule is CN(Cc1nc(C2(N)CCC2)no1)S(=O)(=O)c1cccc([N+](=O)[O-])c1.Cl. The second kappa shape index (κ2) is 7.27. The van der Waals surface area contributed by atoms with Crippen molar-refractivity contribution < 1.29 is 17.9 Å². The van der Waals surface area contributed by atoms with Crippen molar-refractivity contribution in [1.29, 1.82) is 0 Å². The van der Waals surface area contributed by atoms with Gasteiger partial charge in [-0.2, -0.15) is 9.29 Å². The maximum Gasteiger partial charge on any atom is 0.270 e. The molecule has 2 aromatic rings. The fourth-order valence-electron chi connectivity index (χ4n) is 2.52. The van der Waals surface area contributed by atoms with E-state index >= 15 is 0 Å². The molecule has 12 heteroatoms. The van der Waals surface area contributed by atoms with Gasteiger partial charge in [0, 0.05) is 19.2 Å². The Kier molecular flexibility index (Phi) is 5.66. The van der Waals surface area contributed by atoms with Crippen molar-refractivity contribution in [2.24, 2.45) is 5.73 Å². The summed E-state index contributed by atoms with van der Waals surface area (Å²) >= 11 is 0. The van der Waals surface area contributed by atoms with Crippen LogP contribution < -0.4 is 5.73 Å². The van der Waals surface area contributed by atoms with Crippen molar-refractivity contribution in [2.75, 3.05) is 7.05 Å². The Morgan fingerprint density at radius 1 is 1.42 bits per heavy atom. The van der Waals surface area contributed by atoms with E-state index in [1.54, 1.807) is 0 Å². The summed E-state index contributed by atoms with van der Waals surface area (Å²) in [5.41, 5.74) is 5.21. The molecule has 10 nitrogen and oxygen atoms in total. The topological polar surface area (TPSA) is 145 Å². The first-order valence-electron chi connectivity index (χ1n) is 7.55. The van der Waals surface area contributed by atoms with Crippen LogP contribution in [0.4, 0.5) is 5.69 Å². The average molecular weight is 404 g/mol. The van der Waals surface area contributed by atoms with E-state index in [0.29, 0.717) is 5.82 Å². The summed E-state index contributed by atoms with van der Waals surface area (Å²) in [6, 6.07) is 4.84. The molecule has 1 aromatic carbocycles. The molecular weight excluding hydrogens is 386 g/mol. The largest absolute Gasteiger partial charge is 0.338 e. The highest BCUT2D eigenvalue weighted by atomic mass is 35.5. The van der Waals surface area contributed by atoms with E-state index in [2.05, 4.69) is 10.1 Å². The van der Waals surface area contributed by atoms with E-state index in [1.165, 1.54) is 25.2 Å². The molecule has 1 aromatic heterocycles. The fourth-order valence-corrected chi connectivity index (χ4v) is 3.68. The van der Waals surface area contributed by atoms with Crippen LogP contribution in [-0.2, 0) is 22.1 Å². The highest BCUT2D eigenvalue weighted by Crippen LogP contribution is 2.37. The number of nitrogens with zero attached hydrogens (tertiary/aromatic N) is 4. The molecule has 0 unspecified atom stereocenters. The molecule has 3 rings (SSSR count). The summed E-state index contributed by atoms with van der Waals surface area (Å²) in [7, 11) is -2.61. The van der Waals surface area contributed by atoms with Gasteiger partial charge in [0.2, 0.25) is 15.9 Å². The lowest BCUT2D eigenvalue weighted by molar-refractivity contribution is -0.385. The van der Waals surface area contributed by atoms with E-state index in [9.17, 15) is 18.5 Å². The molecule has 26 heavy (non-hydrogen) atoms. The van der Waals surface area contributed by atoms with Crippen molar-refractivity contribution in [3.05, 3.63) is 46.1 Å². The lowest BCUT2D eigenvalue weighted by Crippen LogP contribution is -2.44. The van der Waals surface area contributed by atoms with Gasteiger partial charge in [0.1, 0.15) is 0 Å². The molecule has 1 heterocycles. The smallest absolute Gasteiger partial charge is 0.270 e. The second-order valence-corrected chi connectivity index (χ2v) is 8.08. The molecule has 0 amide bonds. The van der Waals surface area contributed by atoms with Crippen molar-refractivity contribution in [3.8, 4) is 0 Å². The summed E-state index contributed by atoms with van der Waals surface area (Å²) in [5, 5.41) is 14.7. The van der Waals surface area contributed by atoms with Crippen LogP contribution in [0, 0.1) is 10.1 Å². The summed E-state index contributed by atoms with van der Waals surface area (Å²) in [6.07, 6.45) is 2.50. The van der Waals surface area contributed by atoms with Crippen LogP contribution in [0.3, 0.4) is 0 Å². The van der Waals surface area contributed by atoms with Crippen LogP contribution >= 0.6 is 12.4 Å². The summed E-state index contributed by atoms with van der Waals surface area (Å²) in [4.78, 5) is 14.2. The van der Waals surface area contributed by atoms with Crippen LogP contribution in [0.5, 0.6) is 0 Å². The van der Waals surface area contributed by atoms with Gasteiger partial charge in [0.05, 0.1) is 21.9 Å². The molecule has 1 aliphatic carbocycles. The minimum Gasteiger partial charge on any atom is -0.338 e. The zero-order valence-corrected chi connectivity index (χ0v) is 15.5. The summed E-state index contributed by atoms with van der Waals surface area (Å²) in [5.74, 6) is 0.484. The van der Waals surface area contributed by atoms with Crippen LogP contribution in [0.25, 0.3) is 0 Å². The minimum absolute atomic E-state index is 0. The minimum atomic E-state index is -3.94. The molecule has 0 spiro atoms. The number of halogens is 1. The van der Waals surface area contributed by atoms with Crippen molar-refractivity contribution in [2.45, 2.75) is 36.2 Å². The zero-order valence-electron chi connectivity index (χ0n) is 13.9. The predicted octanol–water partition coefficient (Wildman–Crippen LogP) is 1.56. The normalized spacial score (nSPS) is 16.0. The molecule has 142 valence electrons. The number of hydrogen-bond acceptors (Lipinski definition) is 8. The predicted molar refractivity (Wildman–Crippen MR) is 93.0 cm³/mol. The van der Waals surface area contributed by atoms with Gasteiger partial charge in [-0.25, -0.2) is 8.42 Å². The van der Waals surface area contributed by atoms with Gasteiger partial charge in [0.15, 0.2) is 5.82 Å². The molecule has 0 saturated heterocycles. The Morgan fingerprint density at radius 2 is 2.12 bits per heavy atom. The Balaban J connectivity index is 0.00000243. The number of nitrogens with two attached hydrogens (primary N) is 1. The van der Waals surface area contributed by atoms with Crippen LogP contribution in [0.1, 0.15) is 31.0 Å². The maximum atomic E-state index is 12.6. The van der Waals surface area contributed by atoms with E-state index in [4.69, 9.17) is 10.3 Å². The maximum absolute atomic E-state index is 12.6. The molecule has 0 atom stereocenters. The quantitative estimate of drug-likeness (QED) is 0.564. The van der Waals surface area contributed by atoms with E-state index in [-0.39, 0.29) is 35.4 Å². The van der Waals surface area contributed by atoms with Crippen LogP contribution in [0.2, 0.25) is 0 Å². The monoisotopic (exact) mass is 403 g/mol. The molecule has 1 saturated carbocycles. The van der Waals surface area contributed by atoms with Gasteiger partial charge < -0.3 is 10.3 Å². The first-order chi connectivity index (χ1) is 11.7. The number of benzene rings is 1. The van der Waals surface area contributed by atoms with Gasteiger partial charge >= 0.3 is 0 Å². The van der Waals surface area contributed by atoms with Gasteiger partial charge in [-0.1, -0.05) is 11.2 Å². The molecule has 1 aliphatic rings. The van der Waals surface area contributed by atoms with Gasteiger partial charge in [-0.15, -0.1) is 12.4 Å². The van der Waals surface area contributed by atoms with E-state index in [0.717, 1.165) is 29.6 Å². The number of nitro benzene ring substituents is 1. The Labute approximate surface area is 156 Å². The van der Waals surface area contributed by atoms with Crippen molar-refractivity contribution in [1.82, 2.24) is 14.4 Å². The number of non-ortho nitro benzene ring substituents is 1. The van der Waals surface area contributed by atoms with E-state index < -0.39 is 20.5 Å². The number of hydrogen-bond donors (Lipinski definition) is 1. The molecule has 0 aliphatic heterocycles. The third kappa shape index (κ3) is 3.70. The van der Waals surface area contributed by atoms with Gasteiger partial charge in [-0.3, -0.25) is 10.1 Å². The summed E-state index contributed by atoms with van der Waals surface area (Å²) in [6.45, 7) is -0.159. The Bertz CT molecular complexity index is 912. The molecule has 0 radical (unpaired) electrons. The molecular formula is C14H18ClN5O5S. The van der Waals surface area contributed by atoms with Gasteiger partial charge in [-0.05, 0) is 25.3 Å². The van der Waals surface area contributed by atoms with Crippen molar-refractivity contribution in [3.63, 3.8) is 0 Å². The van der Waals surface area contributed by atoms with Crippen molar-refractivity contribution >= 4 is 28.1 Å². The number of aromatic nitrogens is 2. The highest BCUT2D eigenvalue weighted by molar-refractivity contribution is 7.89. The highest BCUT2D eigenvalue weighted by Gasteiger charge is 2.39. The lowest BCUT2D eigenvalue weighted by Gasteiger charge is -2.34.